The van der Waals surface area contributed by atoms with E-state index in [9.17, 15) is 0 Å². The van der Waals surface area contributed by atoms with Crippen LogP contribution in [0.5, 0.6) is 0 Å². The Bertz CT molecular complexity index is 1410. The summed E-state index contributed by atoms with van der Waals surface area (Å²) in [5, 5.41) is 3.82. The van der Waals surface area contributed by atoms with Gasteiger partial charge in [-0.2, -0.15) is 12.8 Å². The van der Waals surface area contributed by atoms with Crippen molar-refractivity contribution in [3.05, 3.63) is 115 Å². The van der Waals surface area contributed by atoms with E-state index in [0.717, 1.165) is 48.1 Å². The normalized spacial score (nSPS) is 14.9. The first kappa shape index (κ1) is 43.6. The van der Waals surface area contributed by atoms with Gasteiger partial charge in [-0.25, -0.2) is 4.98 Å². The van der Waals surface area contributed by atoms with Crippen molar-refractivity contribution in [1.82, 2.24) is 15.3 Å². The van der Waals surface area contributed by atoms with Gasteiger partial charge in [0.05, 0.1) is 28.8 Å². The summed E-state index contributed by atoms with van der Waals surface area (Å²) in [5.41, 5.74) is 6.57. The summed E-state index contributed by atoms with van der Waals surface area (Å²) < 4.78 is 0. The van der Waals surface area contributed by atoms with Crippen LogP contribution in [-0.4, -0.2) is 52.3 Å². The van der Waals surface area contributed by atoms with Crippen LogP contribution in [0.2, 0.25) is 0 Å². The molecule has 2 saturated carbocycles. The van der Waals surface area contributed by atoms with E-state index >= 15 is 0 Å². The molecule has 4 aromatic rings. The SMILES string of the molecule is CCCCN=Cc1cccc(-c2ccccc2)n1.CCCCNC(c1cccc(-c2ccccc2)n1)C1CCCCC1.[CH-]1CCCCC1.[Cl-].[Mg+2]. The number of hydrogen-bond donors (Lipinski definition) is 1. The van der Waals surface area contributed by atoms with Gasteiger partial charge in [-0.1, -0.05) is 138 Å². The van der Waals surface area contributed by atoms with E-state index in [1.54, 1.807) is 0 Å². The average molecular weight is 704 g/mol. The smallest absolute Gasteiger partial charge is 1.00 e. The van der Waals surface area contributed by atoms with Crippen LogP contribution in [0.15, 0.2) is 102 Å². The van der Waals surface area contributed by atoms with E-state index in [1.807, 2.05) is 42.6 Å². The number of nitrogens with one attached hydrogen (secondary N) is 1. The van der Waals surface area contributed by atoms with Gasteiger partial charge < -0.3 is 24.1 Å². The Morgan fingerprint density at radius 3 is 1.84 bits per heavy atom. The number of benzene rings is 2. The molecule has 2 heterocycles. The molecule has 0 aliphatic heterocycles. The van der Waals surface area contributed by atoms with Crippen LogP contribution in [0.25, 0.3) is 22.5 Å². The zero-order valence-corrected chi connectivity index (χ0v) is 33.0. The Balaban J connectivity index is 0.000000294. The Kier molecular flexibility index (Phi) is 23.7. The third-order valence-corrected chi connectivity index (χ3v) is 9.20. The molecule has 2 aromatic carbocycles. The summed E-state index contributed by atoms with van der Waals surface area (Å²) in [6, 6.07) is 33.7. The number of aliphatic imine (C=N–C) groups is 1. The number of aromatic nitrogens is 2. The third-order valence-electron chi connectivity index (χ3n) is 9.20. The molecule has 2 fully saturated rings. The van der Waals surface area contributed by atoms with Crippen LogP contribution in [0, 0.1) is 12.3 Å². The summed E-state index contributed by atoms with van der Waals surface area (Å²) in [6.07, 6.45) is 23.0. The molecule has 2 aromatic heterocycles. The molecule has 50 heavy (non-hydrogen) atoms. The minimum atomic E-state index is 0. The molecule has 0 saturated heterocycles. The van der Waals surface area contributed by atoms with Crippen LogP contribution in [0.1, 0.15) is 121 Å². The molecule has 0 amide bonds. The quantitative estimate of drug-likeness (QED) is 0.0697. The molecule has 6 heteroatoms. The fourth-order valence-electron chi connectivity index (χ4n) is 6.41. The van der Waals surface area contributed by atoms with Gasteiger partial charge in [-0.3, -0.25) is 9.98 Å². The molecule has 0 radical (unpaired) electrons. The van der Waals surface area contributed by atoms with E-state index in [1.165, 1.54) is 94.7 Å². The zero-order valence-electron chi connectivity index (χ0n) is 30.8. The molecule has 6 rings (SSSR count). The number of nitrogens with zero attached hydrogens (tertiary/aromatic N) is 3. The van der Waals surface area contributed by atoms with E-state index < -0.39 is 0 Å². The summed E-state index contributed by atoms with van der Waals surface area (Å²) in [6.45, 7) is 6.40. The van der Waals surface area contributed by atoms with Gasteiger partial charge in [0, 0.05) is 23.9 Å². The van der Waals surface area contributed by atoms with Gasteiger partial charge in [0.15, 0.2) is 0 Å². The Hall–Kier alpha value is -2.57. The van der Waals surface area contributed by atoms with Crippen LogP contribution >= 0.6 is 0 Å². The van der Waals surface area contributed by atoms with Gasteiger partial charge >= 0.3 is 23.1 Å². The largest absolute Gasteiger partial charge is 2.00 e. The number of rotatable bonds is 12. The van der Waals surface area contributed by atoms with Crippen molar-refractivity contribution in [3.63, 3.8) is 0 Å². The molecule has 0 bridgehead atoms. The first-order valence-electron chi connectivity index (χ1n) is 18.9. The molecule has 0 spiro atoms. The van der Waals surface area contributed by atoms with Crippen LogP contribution in [-0.2, 0) is 0 Å². The van der Waals surface area contributed by atoms with Gasteiger partial charge in [0.2, 0.25) is 0 Å². The second kappa shape index (κ2) is 27.1. The van der Waals surface area contributed by atoms with E-state index in [4.69, 9.17) is 4.98 Å². The van der Waals surface area contributed by atoms with Crippen molar-refractivity contribution in [3.8, 4) is 22.5 Å². The van der Waals surface area contributed by atoms with Gasteiger partial charge in [0.25, 0.3) is 0 Å². The van der Waals surface area contributed by atoms with Gasteiger partial charge in [0.1, 0.15) is 0 Å². The third kappa shape index (κ3) is 16.2. The summed E-state index contributed by atoms with van der Waals surface area (Å²) >= 11 is 0. The molecule has 2 aliphatic rings. The topological polar surface area (TPSA) is 50.2 Å². The van der Waals surface area contributed by atoms with Gasteiger partial charge in [-0.05, 0) is 62.4 Å². The molecule has 2 aliphatic carbocycles. The van der Waals surface area contributed by atoms with Crippen molar-refractivity contribution >= 4 is 29.3 Å². The fraction of sp³-hybridized carbons (Fsp3) is 0.455. The second-order valence-electron chi connectivity index (χ2n) is 13.1. The molecule has 4 nitrogen and oxygen atoms in total. The Labute approximate surface area is 326 Å². The molecular weight excluding hydrogens is 644 g/mol. The number of hydrogen-bond acceptors (Lipinski definition) is 4. The van der Waals surface area contributed by atoms with Crippen molar-refractivity contribution in [1.29, 1.82) is 0 Å². The zero-order chi connectivity index (χ0) is 33.5. The predicted molar refractivity (Wildman–Crippen MR) is 212 cm³/mol. The summed E-state index contributed by atoms with van der Waals surface area (Å²) in [5.74, 6) is 0.731. The molecule has 1 N–H and O–H groups in total. The van der Waals surface area contributed by atoms with Crippen molar-refractivity contribution in [2.24, 2.45) is 10.9 Å². The second-order valence-corrected chi connectivity index (χ2v) is 13.1. The first-order valence-corrected chi connectivity index (χ1v) is 18.9. The van der Waals surface area contributed by atoms with Crippen LogP contribution in [0.4, 0.5) is 0 Å². The Morgan fingerprint density at radius 2 is 1.28 bits per heavy atom. The standard InChI is InChI=1S/C22H30N2.C16H18N2.C6H11.ClH.Mg/c1-2-3-17-23-22(19-13-8-5-9-14-19)21-16-10-15-20(24-21)18-11-6-4-7-12-18;1-2-3-12-17-13-15-10-7-11-16(18-15)14-8-5-4-6-9-14;1-2-4-6-5-3-1;;/h4,6-7,10-12,15-16,19,22-23H,2-3,5,8-9,13-14,17H2,1H3;4-11,13H,2-3,12H2,1H3;1H,2-6H2;1H;/q;;-1;;+2/p-1. The van der Waals surface area contributed by atoms with E-state index in [0.29, 0.717) is 6.04 Å². The Morgan fingerprint density at radius 1 is 0.700 bits per heavy atom. The number of halogens is 1. The van der Waals surface area contributed by atoms with E-state index in [-0.39, 0.29) is 35.5 Å². The maximum absolute atomic E-state index is 5.03. The summed E-state index contributed by atoms with van der Waals surface area (Å²) in [4.78, 5) is 14.0. The fourth-order valence-corrected chi connectivity index (χ4v) is 6.41. The van der Waals surface area contributed by atoms with Crippen LogP contribution in [0.3, 0.4) is 0 Å². The van der Waals surface area contributed by atoms with Crippen molar-refractivity contribution in [2.75, 3.05) is 13.1 Å². The number of unbranched alkanes of at least 4 members (excludes halogenated alkanes) is 2. The summed E-state index contributed by atoms with van der Waals surface area (Å²) in [7, 11) is 0. The minimum Gasteiger partial charge on any atom is -1.00 e. The van der Waals surface area contributed by atoms with E-state index in [2.05, 4.69) is 96.2 Å². The molecule has 264 valence electrons. The van der Waals surface area contributed by atoms with Crippen molar-refractivity contribution < 1.29 is 12.4 Å². The van der Waals surface area contributed by atoms with Crippen LogP contribution < -0.4 is 17.7 Å². The number of pyridine rings is 2. The maximum atomic E-state index is 5.03. The average Bonchev–Trinajstić information content (AvgIpc) is 3.18. The molecule has 1 unspecified atom stereocenters. The molecule has 1 atom stereocenters. The monoisotopic (exact) mass is 702 g/mol. The first-order chi connectivity index (χ1) is 23.8. The van der Waals surface area contributed by atoms with Crippen molar-refractivity contribution in [2.45, 2.75) is 110 Å². The minimum absolute atomic E-state index is 0. The van der Waals surface area contributed by atoms with Gasteiger partial charge in [-0.15, -0.1) is 0 Å². The predicted octanol–water partition coefficient (Wildman–Crippen LogP) is 8.51. The molecular formula is C44H59ClMgN4. The maximum Gasteiger partial charge on any atom is 2.00 e.